The highest BCUT2D eigenvalue weighted by Crippen LogP contribution is 2.41. The Hall–Kier alpha value is -3.36. The van der Waals surface area contributed by atoms with Crippen LogP contribution in [0.2, 0.25) is 0 Å². The molecular weight excluding hydrogens is 406 g/mol. The molecule has 8 nitrogen and oxygen atoms in total. The van der Waals surface area contributed by atoms with Crippen LogP contribution in [0.25, 0.3) is 11.1 Å². The summed E-state index contributed by atoms with van der Waals surface area (Å²) in [7, 11) is 0. The molecule has 0 aliphatic carbocycles. The summed E-state index contributed by atoms with van der Waals surface area (Å²) in [4.78, 5) is 10.4. The molecule has 4 rings (SSSR count). The third-order valence-electron chi connectivity index (χ3n) is 5.57. The predicted octanol–water partition coefficient (Wildman–Crippen LogP) is 2.84. The Kier molecular flexibility index (Phi) is 6.72. The number of nitrogen functional groups attached to an aromatic ring is 2. The van der Waals surface area contributed by atoms with Gasteiger partial charge in [0.05, 0.1) is 25.4 Å². The van der Waals surface area contributed by atoms with Crippen LogP contribution in [0.3, 0.4) is 0 Å². The Labute approximate surface area is 187 Å². The average Bonchev–Trinajstić information content (AvgIpc) is 2.79. The highest BCUT2D eigenvalue weighted by Gasteiger charge is 2.18. The van der Waals surface area contributed by atoms with Crippen molar-refractivity contribution >= 4 is 11.8 Å². The number of benzene rings is 2. The van der Waals surface area contributed by atoms with Gasteiger partial charge in [0.2, 0.25) is 5.95 Å². The Morgan fingerprint density at radius 1 is 1.06 bits per heavy atom. The van der Waals surface area contributed by atoms with Gasteiger partial charge in [-0.3, -0.25) is 4.90 Å². The number of phenolic OH excluding ortho intramolecular Hbond substituents is 1. The van der Waals surface area contributed by atoms with Gasteiger partial charge < -0.3 is 26.0 Å². The minimum atomic E-state index is 0.125. The van der Waals surface area contributed by atoms with Gasteiger partial charge >= 0.3 is 0 Å². The lowest BCUT2D eigenvalue weighted by atomic mass is 9.96. The molecule has 3 aromatic rings. The van der Waals surface area contributed by atoms with E-state index in [0.717, 1.165) is 38.4 Å². The summed E-state index contributed by atoms with van der Waals surface area (Å²) in [5, 5.41) is 11.2. The molecule has 1 aliphatic rings. The zero-order valence-electron chi connectivity index (χ0n) is 18.3. The van der Waals surface area contributed by atoms with Gasteiger partial charge in [0, 0.05) is 37.8 Å². The molecule has 0 unspecified atom stereocenters. The lowest BCUT2D eigenvalue weighted by Gasteiger charge is -2.26. The van der Waals surface area contributed by atoms with Crippen molar-refractivity contribution in [2.45, 2.75) is 19.9 Å². The van der Waals surface area contributed by atoms with Crippen LogP contribution in [0, 0.1) is 0 Å². The second-order valence-electron chi connectivity index (χ2n) is 7.78. The minimum absolute atomic E-state index is 0.125. The molecular formula is C24H29N5O3. The van der Waals surface area contributed by atoms with E-state index in [1.54, 1.807) is 6.20 Å². The number of nitrogens with zero attached hydrogens (tertiary/aromatic N) is 3. The Morgan fingerprint density at radius 3 is 2.50 bits per heavy atom. The lowest BCUT2D eigenvalue weighted by Crippen LogP contribution is -2.35. The van der Waals surface area contributed by atoms with E-state index in [9.17, 15) is 5.11 Å². The van der Waals surface area contributed by atoms with Gasteiger partial charge in [0.25, 0.3) is 0 Å². The van der Waals surface area contributed by atoms with Crippen LogP contribution in [0.4, 0.5) is 11.8 Å². The van der Waals surface area contributed by atoms with Crippen molar-refractivity contribution in [2.75, 3.05) is 44.4 Å². The number of hydrogen-bond donors (Lipinski definition) is 3. The number of nitrogens with two attached hydrogens (primary N) is 2. The zero-order valence-corrected chi connectivity index (χ0v) is 18.3. The summed E-state index contributed by atoms with van der Waals surface area (Å²) < 4.78 is 11.2. The summed E-state index contributed by atoms with van der Waals surface area (Å²) in [6.07, 6.45) is 1.97. The van der Waals surface area contributed by atoms with Crippen molar-refractivity contribution in [1.82, 2.24) is 14.9 Å². The maximum atomic E-state index is 11.2. The number of aromatic nitrogens is 2. The van der Waals surface area contributed by atoms with Gasteiger partial charge in [-0.1, -0.05) is 30.3 Å². The molecule has 0 amide bonds. The number of phenols is 1. The van der Waals surface area contributed by atoms with Crippen molar-refractivity contribution < 1.29 is 14.6 Å². The van der Waals surface area contributed by atoms with Crippen molar-refractivity contribution in [2.24, 2.45) is 0 Å². The number of anilines is 2. The van der Waals surface area contributed by atoms with Crippen LogP contribution >= 0.6 is 0 Å². The third kappa shape index (κ3) is 4.92. The number of morpholine rings is 1. The van der Waals surface area contributed by atoms with Crippen molar-refractivity contribution in [3.63, 3.8) is 0 Å². The van der Waals surface area contributed by atoms with E-state index in [4.69, 9.17) is 20.9 Å². The van der Waals surface area contributed by atoms with E-state index in [-0.39, 0.29) is 11.7 Å². The maximum Gasteiger partial charge on any atom is 0.221 e. The maximum absolute atomic E-state index is 11.2. The third-order valence-corrected chi connectivity index (χ3v) is 5.57. The highest BCUT2D eigenvalue weighted by atomic mass is 16.5. The van der Waals surface area contributed by atoms with Gasteiger partial charge in [0.1, 0.15) is 17.3 Å². The molecule has 0 atom stereocenters. The van der Waals surface area contributed by atoms with E-state index in [1.807, 2.05) is 31.2 Å². The monoisotopic (exact) mass is 435 g/mol. The first-order valence-corrected chi connectivity index (χ1v) is 10.8. The van der Waals surface area contributed by atoms with Crippen LogP contribution < -0.4 is 16.2 Å². The van der Waals surface area contributed by atoms with Crippen molar-refractivity contribution in [1.29, 1.82) is 0 Å². The number of aromatic hydroxyl groups is 1. The van der Waals surface area contributed by atoms with E-state index in [2.05, 4.69) is 27.0 Å². The largest absolute Gasteiger partial charge is 0.507 e. The standard InChI is InChI=1S/C24H29N5O3/c1-2-32-20-8-7-18(13-19-14-27-24(26)28-23(19)25)22(30)21(20)17-5-3-16(4-6-17)15-29-9-11-31-12-10-29/h3-8,14,30H,2,9-13,15H2,1H3,(H4,25,26,27,28). The molecule has 0 spiro atoms. The van der Waals surface area contributed by atoms with Gasteiger partial charge in [0.15, 0.2) is 0 Å². The Balaban J connectivity index is 1.63. The lowest BCUT2D eigenvalue weighted by molar-refractivity contribution is 0.0342. The summed E-state index contributed by atoms with van der Waals surface area (Å²) in [6, 6.07) is 12.0. The van der Waals surface area contributed by atoms with E-state index in [0.29, 0.717) is 41.3 Å². The molecule has 1 aromatic heterocycles. The van der Waals surface area contributed by atoms with Crippen LogP contribution in [0.5, 0.6) is 11.5 Å². The summed E-state index contributed by atoms with van der Waals surface area (Å²) in [5.41, 5.74) is 15.8. The summed E-state index contributed by atoms with van der Waals surface area (Å²) >= 11 is 0. The van der Waals surface area contributed by atoms with E-state index < -0.39 is 0 Å². The molecule has 0 bridgehead atoms. The van der Waals surface area contributed by atoms with Gasteiger partial charge in [-0.05, 0) is 29.7 Å². The van der Waals surface area contributed by atoms with E-state index in [1.165, 1.54) is 5.56 Å². The van der Waals surface area contributed by atoms with Crippen LogP contribution in [0.15, 0.2) is 42.6 Å². The van der Waals surface area contributed by atoms with E-state index >= 15 is 0 Å². The first-order valence-electron chi connectivity index (χ1n) is 10.8. The molecule has 2 heterocycles. The molecule has 0 saturated carbocycles. The molecule has 1 fully saturated rings. The Bertz CT molecular complexity index is 1070. The minimum Gasteiger partial charge on any atom is -0.507 e. The molecule has 1 aliphatic heterocycles. The molecule has 5 N–H and O–H groups in total. The van der Waals surface area contributed by atoms with Gasteiger partial charge in [-0.15, -0.1) is 0 Å². The molecule has 8 heteroatoms. The number of rotatable bonds is 7. The predicted molar refractivity (Wildman–Crippen MR) is 124 cm³/mol. The van der Waals surface area contributed by atoms with Gasteiger partial charge in [-0.2, -0.15) is 4.98 Å². The number of ether oxygens (including phenoxy) is 2. The highest BCUT2D eigenvalue weighted by molar-refractivity contribution is 5.78. The van der Waals surface area contributed by atoms with Crippen molar-refractivity contribution in [3.05, 3.63) is 59.3 Å². The molecule has 1 saturated heterocycles. The molecule has 32 heavy (non-hydrogen) atoms. The normalized spacial score (nSPS) is 14.4. The van der Waals surface area contributed by atoms with Gasteiger partial charge in [-0.25, -0.2) is 4.98 Å². The zero-order chi connectivity index (χ0) is 22.5. The first kappa shape index (κ1) is 21.9. The fraction of sp³-hybridized carbons (Fsp3) is 0.333. The molecule has 2 aromatic carbocycles. The average molecular weight is 436 g/mol. The summed E-state index contributed by atoms with van der Waals surface area (Å²) in [6.45, 7) is 6.74. The second-order valence-corrected chi connectivity index (χ2v) is 7.78. The number of hydrogen-bond acceptors (Lipinski definition) is 8. The van der Waals surface area contributed by atoms with Crippen LogP contribution in [-0.4, -0.2) is 52.9 Å². The first-order chi connectivity index (χ1) is 15.5. The SMILES string of the molecule is CCOc1ccc(Cc2cnc(N)nc2N)c(O)c1-c1ccc(CN2CCOCC2)cc1. The quantitative estimate of drug-likeness (QED) is 0.518. The fourth-order valence-electron chi connectivity index (χ4n) is 3.88. The summed E-state index contributed by atoms with van der Waals surface area (Å²) in [5.74, 6) is 1.23. The van der Waals surface area contributed by atoms with Crippen LogP contribution in [-0.2, 0) is 17.7 Å². The molecule has 168 valence electrons. The fourth-order valence-corrected chi connectivity index (χ4v) is 3.88. The van der Waals surface area contributed by atoms with Crippen molar-refractivity contribution in [3.8, 4) is 22.6 Å². The Morgan fingerprint density at radius 2 is 1.81 bits per heavy atom. The smallest absolute Gasteiger partial charge is 0.221 e. The molecule has 0 radical (unpaired) electrons. The topological polar surface area (TPSA) is 120 Å². The second kappa shape index (κ2) is 9.84. The van der Waals surface area contributed by atoms with Crippen LogP contribution in [0.1, 0.15) is 23.6 Å².